The summed E-state index contributed by atoms with van der Waals surface area (Å²) in [6.45, 7) is 0. The van der Waals surface area contributed by atoms with Crippen molar-refractivity contribution in [2.45, 2.75) is 30.9 Å². The molecule has 3 N–H and O–H groups in total. The fourth-order valence-electron chi connectivity index (χ4n) is 2.23. The number of aliphatic carboxylic acids is 1. The first-order chi connectivity index (χ1) is 8.09. The molecule has 1 fully saturated rings. The third-order valence-corrected chi connectivity index (χ3v) is 3.34. The van der Waals surface area contributed by atoms with Crippen molar-refractivity contribution in [3.05, 3.63) is 35.4 Å². The Morgan fingerprint density at radius 2 is 2.18 bits per heavy atom. The van der Waals surface area contributed by atoms with Crippen LogP contribution in [0.4, 0.5) is 0 Å². The Bertz CT molecular complexity index is 426. The quantitative estimate of drug-likeness (QED) is 0.816. The smallest absolute Gasteiger partial charge is 0.305 e. The third-order valence-electron chi connectivity index (χ3n) is 3.34. The molecule has 0 heterocycles. The van der Waals surface area contributed by atoms with E-state index < -0.39 is 12.0 Å². The summed E-state index contributed by atoms with van der Waals surface area (Å²) in [4.78, 5) is 10.7. The summed E-state index contributed by atoms with van der Waals surface area (Å²) in [6, 6.07) is 7.21. The van der Waals surface area contributed by atoms with Crippen molar-refractivity contribution >= 4 is 5.97 Å². The first-order valence-electron chi connectivity index (χ1n) is 5.71. The topological polar surface area (TPSA) is 72.5 Å². The van der Waals surface area contributed by atoms with Crippen molar-refractivity contribution in [2.75, 3.05) is 7.11 Å². The minimum Gasteiger partial charge on any atom is -0.481 e. The van der Waals surface area contributed by atoms with E-state index in [0.29, 0.717) is 0 Å². The van der Waals surface area contributed by atoms with Crippen LogP contribution in [-0.2, 0) is 15.1 Å². The maximum atomic E-state index is 10.7. The maximum absolute atomic E-state index is 10.7. The first-order valence-corrected chi connectivity index (χ1v) is 5.71. The second-order valence-electron chi connectivity index (χ2n) is 4.49. The predicted octanol–water partition coefficient (Wildman–Crippen LogP) is 1.80. The number of carbonyl (C=O) groups is 1. The van der Waals surface area contributed by atoms with Crippen LogP contribution in [0.5, 0.6) is 0 Å². The Hall–Kier alpha value is -1.39. The normalized spacial score (nSPS) is 18.7. The molecule has 1 saturated carbocycles. The standard InChI is InChI=1S/C13H17NO3/c1-17-13(6-7-13)10-5-3-2-4-9(10)11(14)8-12(15)16/h2-5,11H,6-8,14H2,1H3,(H,15,16). The van der Waals surface area contributed by atoms with Crippen LogP contribution in [-0.4, -0.2) is 18.2 Å². The molecular formula is C13H17NO3. The molecule has 1 aliphatic carbocycles. The summed E-state index contributed by atoms with van der Waals surface area (Å²) >= 11 is 0. The fraction of sp³-hybridized carbons (Fsp3) is 0.462. The van der Waals surface area contributed by atoms with Crippen LogP contribution in [0, 0.1) is 0 Å². The molecule has 92 valence electrons. The van der Waals surface area contributed by atoms with Crippen molar-refractivity contribution in [2.24, 2.45) is 5.73 Å². The molecule has 0 amide bonds. The van der Waals surface area contributed by atoms with Gasteiger partial charge in [-0.25, -0.2) is 0 Å². The third kappa shape index (κ3) is 2.33. The van der Waals surface area contributed by atoms with Gasteiger partial charge in [-0.2, -0.15) is 0 Å². The molecule has 1 aromatic rings. The van der Waals surface area contributed by atoms with Gasteiger partial charge >= 0.3 is 5.97 Å². The Kier molecular flexibility index (Phi) is 3.17. The van der Waals surface area contributed by atoms with E-state index >= 15 is 0 Å². The van der Waals surface area contributed by atoms with Gasteiger partial charge in [0, 0.05) is 13.2 Å². The second-order valence-corrected chi connectivity index (χ2v) is 4.49. The molecular weight excluding hydrogens is 218 g/mol. The summed E-state index contributed by atoms with van der Waals surface area (Å²) < 4.78 is 5.53. The molecule has 4 heteroatoms. The molecule has 0 aromatic heterocycles. The van der Waals surface area contributed by atoms with E-state index in [9.17, 15) is 4.79 Å². The number of nitrogens with two attached hydrogens (primary N) is 1. The molecule has 4 nitrogen and oxygen atoms in total. The van der Waals surface area contributed by atoms with Crippen LogP contribution >= 0.6 is 0 Å². The number of ether oxygens (including phenoxy) is 1. The van der Waals surface area contributed by atoms with Crippen molar-refractivity contribution in [3.8, 4) is 0 Å². The molecule has 0 aliphatic heterocycles. The number of hydrogen-bond donors (Lipinski definition) is 2. The molecule has 1 unspecified atom stereocenters. The van der Waals surface area contributed by atoms with Gasteiger partial charge in [0.1, 0.15) is 0 Å². The summed E-state index contributed by atoms with van der Waals surface area (Å²) in [5, 5.41) is 8.80. The van der Waals surface area contributed by atoms with Crippen LogP contribution < -0.4 is 5.73 Å². The van der Waals surface area contributed by atoms with Gasteiger partial charge in [0.2, 0.25) is 0 Å². The zero-order chi connectivity index (χ0) is 12.5. The molecule has 0 bridgehead atoms. The fourth-order valence-corrected chi connectivity index (χ4v) is 2.23. The largest absolute Gasteiger partial charge is 0.481 e. The van der Waals surface area contributed by atoms with Crippen LogP contribution in [0.3, 0.4) is 0 Å². The molecule has 1 aliphatic rings. The van der Waals surface area contributed by atoms with Gasteiger partial charge in [-0.15, -0.1) is 0 Å². The molecule has 0 spiro atoms. The number of rotatable bonds is 5. The van der Waals surface area contributed by atoms with Gasteiger partial charge in [-0.05, 0) is 24.0 Å². The highest BCUT2D eigenvalue weighted by molar-refractivity contribution is 5.68. The highest BCUT2D eigenvalue weighted by Crippen LogP contribution is 2.50. The van der Waals surface area contributed by atoms with Gasteiger partial charge in [0.15, 0.2) is 0 Å². The summed E-state index contributed by atoms with van der Waals surface area (Å²) in [5.41, 5.74) is 7.63. The summed E-state index contributed by atoms with van der Waals surface area (Å²) in [6.07, 6.45) is 1.89. The van der Waals surface area contributed by atoms with E-state index in [1.807, 2.05) is 24.3 Å². The number of benzene rings is 1. The van der Waals surface area contributed by atoms with Crippen LogP contribution in [0.1, 0.15) is 36.4 Å². The molecule has 1 aromatic carbocycles. The van der Waals surface area contributed by atoms with Gasteiger partial charge < -0.3 is 15.6 Å². The van der Waals surface area contributed by atoms with Crippen molar-refractivity contribution in [1.29, 1.82) is 0 Å². The van der Waals surface area contributed by atoms with Gasteiger partial charge in [-0.3, -0.25) is 4.79 Å². The maximum Gasteiger partial charge on any atom is 0.305 e. The lowest BCUT2D eigenvalue weighted by molar-refractivity contribution is -0.137. The van der Waals surface area contributed by atoms with E-state index in [2.05, 4.69) is 0 Å². The number of methoxy groups -OCH3 is 1. The van der Waals surface area contributed by atoms with Crippen molar-refractivity contribution in [3.63, 3.8) is 0 Å². The number of carboxylic acids is 1. The highest BCUT2D eigenvalue weighted by atomic mass is 16.5. The zero-order valence-corrected chi connectivity index (χ0v) is 9.85. The molecule has 17 heavy (non-hydrogen) atoms. The Morgan fingerprint density at radius 3 is 2.71 bits per heavy atom. The van der Waals surface area contributed by atoms with Gasteiger partial charge in [0.25, 0.3) is 0 Å². The molecule has 1 atom stereocenters. The van der Waals surface area contributed by atoms with Crippen LogP contribution in [0.25, 0.3) is 0 Å². The first kappa shape index (κ1) is 12.1. The SMILES string of the molecule is COC1(c2ccccc2C(N)CC(=O)O)CC1. The monoisotopic (exact) mass is 235 g/mol. The summed E-state index contributed by atoms with van der Waals surface area (Å²) in [5.74, 6) is -0.880. The van der Waals surface area contributed by atoms with Gasteiger partial charge in [0.05, 0.1) is 12.0 Å². The lowest BCUT2D eigenvalue weighted by Gasteiger charge is -2.21. The van der Waals surface area contributed by atoms with E-state index in [-0.39, 0.29) is 12.0 Å². The van der Waals surface area contributed by atoms with Crippen LogP contribution in [0.2, 0.25) is 0 Å². The van der Waals surface area contributed by atoms with E-state index in [0.717, 1.165) is 24.0 Å². The van der Waals surface area contributed by atoms with E-state index in [4.69, 9.17) is 15.6 Å². The average Bonchev–Trinajstić information content (AvgIpc) is 3.09. The average molecular weight is 235 g/mol. The Balaban J connectivity index is 2.31. The lowest BCUT2D eigenvalue weighted by Crippen LogP contribution is -2.20. The number of carboxylic acid groups (broad SMARTS) is 1. The van der Waals surface area contributed by atoms with Gasteiger partial charge in [-0.1, -0.05) is 24.3 Å². The highest BCUT2D eigenvalue weighted by Gasteiger charge is 2.46. The van der Waals surface area contributed by atoms with E-state index in [1.54, 1.807) is 7.11 Å². The van der Waals surface area contributed by atoms with Crippen molar-refractivity contribution < 1.29 is 14.6 Å². The Morgan fingerprint density at radius 1 is 1.53 bits per heavy atom. The predicted molar refractivity (Wildman–Crippen MR) is 63.5 cm³/mol. The zero-order valence-electron chi connectivity index (χ0n) is 9.85. The minimum absolute atomic E-state index is 0.0587. The minimum atomic E-state index is -0.880. The molecule has 0 saturated heterocycles. The summed E-state index contributed by atoms with van der Waals surface area (Å²) in [7, 11) is 1.69. The van der Waals surface area contributed by atoms with Crippen molar-refractivity contribution in [1.82, 2.24) is 0 Å². The lowest BCUT2D eigenvalue weighted by atomic mass is 9.94. The second kappa shape index (κ2) is 4.47. The number of hydrogen-bond acceptors (Lipinski definition) is 3. The Labute approximate surface area is 100 Å². The van der Waals surface area contributed by atoms with Crippen LogP contribution in [0.15, 0.2) is 24.3 Å². The molecule has 2 rings (SSSR count). The van der Waals surface area contributed by atoms with E-state index in [1.165, 1.54) is 0 Å². The molecule has 0 radical (unpaired) electrons.